The van der Waals surface area contributed by atoms with Gasteiger partial charge in [0.15, 0.2) is 5.60 Å². The van der Waals surface area contributed by atoms with Crippen LogP contribution in [0, 0.1) is 11.6 Å². The molecule has 4 heterocycles. The summed E-state index contributed by atoms with van der Waals surface area (Å²) in [5.41, 5.74) is -1.06. The molecule has 6 nitrogen and oxygen atoms in total. The molecular weight excluding hydrogens is 484 g/mol. The standard InChI is InChI=1S/C23H22BrF2N3O3/c1-22-5-4-19(14-10-16(25)12-17(26)11-14)29(22)21(31)23(32-22)6-8-28(9-7-23)20(30)18-3-2-15(24)13-27-18/h2-3,10-13,19H,4-9H2,1H3/t19-,22+/m0/s1. The highest BCUT2D eigenvalue weighted by Gasteiger charge is 2.63. The minimum absolute atomic E-state index is 0.166. The summed E-state index contributed by atoms with van der Waals surface area (Å²) < 4.78 is 34.8. The van der Waals surface area contributed by atoms with Gasteiger partial charge in [0, 0.05) is 42.7 Å². The second kappa shape index (κ2) is 7.59. The van der Waals surface area contributed by atoms with Gasteiger partial charge in [-0.2, -0.15) is 0 Å². The maximum absolute atomic E-state index is 13.8. The maximum Gasteiger partial charge on any atom is 0.272 e. The van der Waals surface area contributed by atoms with Crippen LogP contribution in [-0.4, -0.2) is 51.0 Å². The molecule has 0 bridgehead atoms. The van der Waals surface area contributed by atoms with E-state index in [0.717, 1.165) is 10.5 Å². The van der Waals surface area contributed by atoms with Gasteiger partial charge in [-0.1, -0.05) is 0 Å². The number of rotatable bonds is 2. The number of nitrogens with zero attached hydrogens (tertiary/aromatic N) is 3. The summed E-state index contributed by atoms with van der Waals surface area (Å²) in [6.45, 7) is 2.59. The Morgan fingerprint density at radius 1 is 1.16 bits per heavy atom. The fourth-order valence-corrected chi connectivity index (χ4v) is 5.49. The first-order chi connectivity index (χ1) is 15.2. The molecule has 1 aromatic heterocycles. The number of hydrogen-bond donors (Lipinski definition) is 0. The number of benzene rings is 1. The third kappa shape index (κ3) is 3.42. The van der Waals surface area contributed by atoms with Crippen molar-refractivity contribution in [2.24, 2.45) is 0 Å². The second-order valence-corrected chi connectivity index (χ2v) is 9.77. The van der Waals surface area contributed by atoms with Crippen LogP contribution in [0.2, 0.25) is 0 Å². The quantitative estimate of drug-likeness (QED) is 0.613. The predicted octanol–water partition coefficient (Wildman–Crippen LogP) is 4.21. The SMILES string of the molecule is C[C@@]12CC[C@@H](c3cc(F)cc(F)c3)N1C(=O)C1(CCN(C(=O)c3ccc(Br)cn3)CC1)O2. The van der Waals surface area contributed by atoms with Crippen LogP contribution >= 0.6 is 15.9 Å². The lowest BCUT2D eigenvalue weighted by atomic mass is 9.89. The minimum Gasteiger partial charge on any atom is -0.339 e. The van der Waals surface area contributed by atoms with E-state index in [1.165, 1.54) is 12.1 Å². The zero-order valence-electron chi connectivity index (χ0n) is 17.5. The molecular formula is C23H22BrF2N3O3. The summed E-state index contributed by atoms with van der Waals surface area (Å²) in [5.74, 6) is -1.67. The largest absolute Gasteiger partial charge is 0.339 e. The zero-order valence-corrected chi connectivity index (χ0v) is 19.1. The van der Waals surface area contributed by atoms with Crippen molar-refractivity contribution in [2.45, 2.75) is 50.0 Å². The molecule has 3 aliphatic rings. The van der Waals surface area contributed by atoms with Gasteiger partial charge in [0.25, 0.3) is 11.8 Å². The molecule has 2 amide bonds. The van der Waals surface area contributed by atoms with Crippen LogP contribution < -0.4 is 0 Å². The van der Waals surface area contributed by atoms with Crippen molar-refractivity contribution in [2.75, 3.05) is 13.1 Å². The molecule has 0 unspecified atom stereocenters. The van der Waals surface area contributed by atoms with Crippen molar-refractivity contribution >= 4 is 27.7 Å². The Hall–Kier alpha value is -2.39. The van der Waals surface area contributed by atoms with Gasteiger partial charge in [-0.3, -0.25) is 9.59 Å². The summed E-state index contributed by atoms with van der Waals surface area (Å²) in [6, 6.07) is 6.38. The van der Waals surface area contributed by atoms with Gasteiger partial charge in [-0.05, 0) is 65.5 Å². The Morgan fingerprint density at radius 2 is 1.84 bits per heavy atom. The molecule has 1 spiro atoms. The van der Waals surface area contributed by atoms with Crippen LogP contribution in [0.5, 0.6) is 0 Å². The number of amides is 2. The third-order valence-corrected chi connectivity index (χ3v) is 7.27. The third-order valence-electron chi connectivity index (χ3n) is 6.80. The zero-order chi connectivity index (χ0) is 22.7. The molecule has 32 heavy (non-hydrogen) atoms. The lowest BCUT2D eigenvalue weighted by molar-refractivity contribution is -0.148. The fraction of sp³-hybridized carbons (Fsp3) is 0.435. The Labute approximate surface area is 192 Å². The Kier molecular flexibility index (Phi) is 5.09. The molecule has 2 atom stereocenters. The predicted molar refractivity (Wildman–Crippen MR) is 114 cm³/mol. The summed E-state index contributed by atoms with van der Waals surface area (Å²) in [7, 11) is 0. The fourth-order valence-electron chi connectivity index (χ4n) is 5.26. The minimum atomic E-state index is -1.02. The molecule has 3 aliphatic heterocycles. The van der Waals surface area contributed by atoms with Gasteiger partial charge in [0.1, 0.15) is 23.1 Å². The molecule has 0 saturated carbocycles. The van der Waals surface area contributed by atoms with Crippen molar-refractivity contribution in [1.29, 1.82) is 0 Å². The lowest BCUT2D eigenvalue weighted by Gasteiger charge is -2.37. The van der Waals surface area contributed by atoms with E-state index >= 15 is 0 Å². The van der Waals surface area contributed by atoms with E-state index in [2.05, 4.69) is 20.9 Å². The molecule has 2 aromatic rings. The molecule has 5 rings (SSSR count). The van der Waals surface area contributed by atoms with E-state index in [-0.39, 0.29) is 11.8 Å². The molecule has 168 valence electrons. The molecule has 3 saturated heterocycles. The summed E-state index contributed by atoms with van der Waals surface area (Å²) >= 11 is 3.31. The van der Waals surface area contributed by atoms with Gasteiger partial charge >= 0.3 is 0 Å². The molecule has 1 aromatic carbocycles. The normalized spacial score (nSPS) is 26.6. The van der Waals surface area contributed by atoms with E-state index in [9.17, 15) is 18.4 Å². The topological polar surface area (TPSA) is 62.7 Å². The second-order valence-electron chi connectivity index (χ2n) is 8.86. The molecule has 3 fully saturated rings. The van der Waals surface area contributed by atoms with Crippen molar-refractivity contribution < 1.29 is 23.1 Å². The summed E-state index contributed by atoms with van der Waals surface area (Å²) in [6.07, 6.45) is 3.46. The first kappa shape index (κ1) is 21.5. The number of carbonyl (C=O) groups is 2. The van der Waals surface area contributed by atoms with Gasteiger partial charge in [-0.25, -0.2) is 13.8 Å². The number of halogens is 3. The highest BCUT2D eigenvalue weighted by molar-refractivity contribution is 9.10. The lowest BCUT2D eigenvalue weighted by Crippen LogP contribution is -2.51. The molecule has 9 heteroatoms. The van der Waals surface area contributed by atoms with Crippen molar-refractivity contribution in [1.82, 2.24) is 14.8 Å². The van der Waals surface area contributed by atoms with E-state index < -0.39 is 29.0 Å². The average Bonchev–Trinajstić information content (AvgIpc) is 3.19. The monoisotopic (exact) mass is 505 g/mol. The smallest absolute Gasteiger partial charge is 0.272 e. The number of hydrogen-bond acceptors (Lipinski definition) is 4. The Morgan fingerprint density at radius 3 is 2.47 bits per heavy atom. The van der Waals surface area contributed by atoms with Gasteiger partial charge in [0.05, 0.1) is 6.04 Å². The number of fused-ring (bicyclic) bond motifs is 1. The maximum atomic E-state index is 13.8. The molecule has 0 aliphatic carbocycles. The van der Waals surface area contributed by atoms with E-state index in [1.54, 1.807) is 28.1 Å². The van der Waals surface area contributed by atoms with E-state index in [1.807, 2.05) is 6.92 Å². The Bertz CT molecular complexity index is 1070. The number of likely N-dealkylation sites (tertiary alicyclic amines) is 1. The number of carbonyl (C=O) groups excluding carboxylic acids is 2. The first-order valence-electron chi connectivity index (χ1n) is 10.6. The first-order valence-corrected chi connectivity index (χ1v) is 11.4. The number of aromatic nitrogens is 1. The van der Waals surface area contributed by atoms with Crippen LogP contribution in [0.25, 0.3) is 0 Å². The van der Waals surface area contributed by atoms with Gasteiger partial charge in [0.2, 0.25) is 0 Å². The number of pyridine rings is 1. The van der Waals surface area contributed by atoms with Crippen LogP contribution in [0.4, 0.5) is 8.78 Å². The van der Waals surface area contributed by atoms with E-state index in [0.29, 0.717) is 50.0 Å². The van der Waals surface area contributed by atoms with E-state index in [4.69, 9.17) is 4.74 Å². The van der Waals surface area contributed by atoms with Crippen LogP contribution in [0.3, 0.4) is 0 Å². The van der Waals surface area contributed by atoms with Crippen LogP contribution in [-0.2, 0) is 9.53 Å². The highest BCUT2D eigenvalue weighted by atomic mass is 79.9. The van der Waals surface area contributed by atoms with Crippen molar-refractivity contribution in [3.8, 4) is 0 Å². The average molecular weight is 506 g/mol. The number of piperidine rings is 1. The molecule has 0 N–H and O–H groups in total. The van der Waals surface area contributed by atoms with Crippen molar-refractivity contribution in [3.05, 3.63) is 63.9 Å². The van der Waals surface area contributed by atoms with Crippen LogP contribution in [0.15, 0.2) is 41.0 Å². The Balaban J connectivity index is 1.35. The van der Waals surface area contributed by atoms with Crippen molar-refractivity contribution in [3.63, 3.8) is 0 Å². The summed E-state index contributed by atoms with van der Waals surface area (Å²) in [4.78, 5) is 33.9. The van der Waals surface area contributed by atoms with Crippen LogP contribution in [0.1, 0.15) is 54.7 Å². The number of ether oxygens (including phenoxy) is 1. The highest BCUT2D eigenvalue weighted by Crippen LogP contribution is 2.53. The van der Waals surface area contributed by atoms with Gasteiger partial charge in [-0.15, -0.1) is 0 Å². The molecule has 0 radical (unpaired) electrons. The van der Waals surface area contributed by atoms with Gasteiger partial charge < -0.3 is 14.5 Å². The summed E-state index contributed by atoms with van der Waals surface area (Å²) in [5, 5.41) is 0.